The van der Waals surface area contributed by atoms with Gasteiger partial charge in [-0.25, -0.2) is 4.98 Å². The summed E-state index contributed by atoms with van der Waals surface area (Å²) in [6.45, 7) is 5.27. The number of carbonyl (C=O) groups excluding carboxylic acids is 1. The fourth-order valence-electron chi connectivity index (χ4n) is 3.57. The summed E-state index contributed by atoms with van der Waals surface area (Å²) >= 11 is 1.66. The fraction of sp³-hybridized carbons (Fsp3) is 0.364. The molecule has 0 saturated carbocycles. The molecule has 4 rings (SSSR count). The third kappa shape index (κ3) is 3.87. The largest absolute Gasteiger partial charge is 0.497 e. The van der Waals surface area contributed by atoms with Gasteiger partial charge < -0.3 is 24.0 Å². The van der Waals surface area contributed by atoms with E-state index >= 15 is 0 Å². The molecule has 3 aromatic rings. The smallest absolute Gasteiger partial charge is 0.257 e. The number of aromatic nitrogens is 1. The van der Waals surface area contributed by atoms with E-state index in [9.17, 15) is 4.79 Å². The molecule has 1 saturated heterocycles. The number of rotatable bonds is 6. The van der Waals surface area contributed by atoms with Crippen molar-refractivity contribution in [2.45, 2.75) is 6.92 Å². The van der Waals surface area contributed by atoms with Gasteiger partial charge in [-0.1, -0.05) is 17.4 Å². The molecule has 2 heterocycles. The lowest BCUT2D eigenvalue weighted by molar-refractivity contribution is 0.0743. The average molecular weight is 428 g/mol. The molecule has 1 aromatic heterocycles. The first kappa shape index (κ1) is 20.3. The summed E-state index contributed by atoms with van der Waals surface area (Å²) in [5.41, 5.74) is 1.42. The molecule has 1 amide bonds. The van der Waals surface area contributed by atoms with E-state index in [0.29, 0.717) is 36.8 Å². The molecule has 7 nitrogen and oxygen atoms in total. The number of piperazine rings is 1. The lowest BCUT2D eigenvalue weighted by Gasteiger charge is -2.34. The predicted octanol–water partition coefficient (Wildman–Crippen LogP) is 3.67. The van der Waals surface area contributed by atoms with Crippen molar-refractivity contribution in [3.8, 4) is 17.2 Å². The molecule has 1 aliphatic heterocycles. The normalized spacial score (nSPS) is 14.1. The number of para-hydroxylation sites is 1. The van der Waals surface area contributed by atoms with Crippen molar-refractivity contribution in [1.82, 2.24) is 9.88 Å². The summed E-state index contributed by atoms with van der Waals surface area (Å²) < 4.78 is 17.5. The Labute approximate surface area is 179 Å². The van der Waals surface area contributed by atoms with Gasteiger partial charge >= 0.3 is 0 Å². The van der Waals surface area contributed by atoms with Gasteiger partial charge in [-0.05, 0) is 37.3 Å². The minimum Gasteiger partial charge on any atom is -0.497 e. The molecule has 0 unspecified atom stereocenters. The maximum atomic E-state index is 13.1. The zero-order valence-corrected chi connectivity index (χ0v) is 18.2. The fourth-order valence-corrected chi connectivity index (χ4v) is 4.61. The quantitative estimate of drug-likeness (QED) is 0.598. The van der Waals surface area contributed by atoms with Gasteiger partial charge in [-0.15, -0.1) is 0 Å². The van der Waals surface area contributed by atoms with Crippen molar-refractivity contribution in [2.24, 2.45) is 0 Å². The minimum atomic E-state index is -0.0478. The predicted molar refractivity (Wildman–Crippen MR) is 118 cm³/mol. The van der Waals surface area contributed by atoms with Crippen LogP contribution < -0.4 is 19.1 Å². The first-order chi connectivity index (χ1) is 14.6. The van der Waals surface area contributed by atoms with Crippen molar-refractivity contribution in [3.63, 3.8) is 0 Å². The van der Waals surface area contributed by atoms with E-state index in [1.165, 1.54) is 0 Å². The topological polar surface area (TPSA) is 64.1 Å². The van der Waals surface area contributed by atoms with Gasteiger partial charge in [0.1, 0.15) is 22.8 Å². The number of amides is 1. The van der Waals surface area contributed by atoms with Gasteiger partial charge in [0, 0.05) is 26.2 Å². The molecular formula is C22H25N3O4S. The summed E-state index contributed by atoms with van der Waals surface area (Å²) in [6.07, 6.45) is 0. The number of hydrogen-bond donors (Lipinski definition) is 0. The summed E-state index contributed by atoms with van der Waals surface area (Å²) in [5.74, 6) is 1.96. The monoisotopic (exact) mass is 427 g/mol. The van der Waals surface area contributed by atoms with Crippen molar-refractivity contribution in [2.75, 3.05) is 51.9 Å². The Morgan fingerprint density at radius 1 is 1.07 bits per heavy atom. The number of fused-ring (bicyclic) bond motifs is 1. The molecule has 8 heteroatoms. The maximum absolute atomic E-state index is 13.1. The van der Waals surface area contributed by atoms with Crippen molar-refractivity contribution in [1.29, 1.82) is 0 Å². The van der Waals surface area contributed by atoms with Crippen LogP contribution in [-0.4, -0.2) is 62.8 Å². The van der Waals surface area contributed by atoms with Gasteiger partial charge in [-0.2, -0.15) is 0 Å². The second-order valence-corrected chi connectivity index (χ2v) is 7.89. The Morgan fingerprint density at radius 2 is 1.87 bits per heavy atom. The highest BCUT2D eigenvalue weighted by molar-refractivity contribution is 7.22. The molecule has 1 aliphatic rings. The number of carbonyl (C=O) groups is 1. The minimum absolute atomic E-state index is 0.0478. The first-order valence-electron chi connectivity index (χ1n) is 9.93. The molecule has 158 valence electrons. The lowest BCUT2D eigenvalue weighted by Crippen LogP contribution is -2.48. The van der Waals surface area contributed by atoms with Crippen LogP contribution in [0, 0.1) is 0 Å². The van der Waals surface area contributed by atoms with Gasteiger partial charge in [0.15, 0.2) is 5.13 Å². The molecule has 0 radical (unpaired) electrons. The van der Waals surface area contributed by atoms with Gasteiger partial charge in [0.25, 0.3) is 5.91 Å². The van der Waals surface area contributed by atoms with E-state index in [2.05, 4.69) is 11.0 Å². The molecule has 2 aromatic carbocycles. The first-order valence-corrected chi connectivity index (χ1v) is 10.7. The summed E-state index contributed by atoms with van der Waals surface area (Å²) in [5, 5.41) is 0.961. The Kier molecular flexibility index (Phi) is 5.94. The molecule has 0 spiro atoms. The number of hydrogen-bond acceptors (Lipinski definition) is 7. The van der Waals surface area contributed by atoms with Crippen LogP contribution in [0.1, 0.15) is 17.3 Å². The third-order valence-electron chi connectivity index (χ3n) is 5.14. The van der Waals surface area contributed by atoms with Crippen LogP contribution in [0.5, 0.6) is 17.2 Å². The lowest BCUT2D eigenvalue weighted by atomic mass is 10.1. The molecule has 0 bridgehead atoms. The van der Waals surface area contributed by atoms with Crippen LogP contribution in [0.15, 0.2) is 36.4 Å². The van der Waals surface area contributed by atoms with Crippen LogP contribution >= 0.6 is 11.3 Å². The second kappa shape index (κ2) is 8.79. The van der Waals surface area contributed by atoms with Gasteiger partial charge in [0.05, 0.1) is 31.1 Å². The van der Waals surface area contributed by atoms with Gasteiger partial charge in [-0.3, -0.25) is 4.79 Å². The number of thiazole rings is 1. The number of nitrogens with zero attached hydrogens (tertiary/aromatic N) is 3. The van der Waals surface area contributed by atoms with Crippen molar-refractivity contribution < 1.29 is 19.0 Å². The summed E-state index contributed by atoms with van der Waals surface area (Å²) in [4.78, 5) is 22.0. The number of methoxy groups -OCH3 is 2. The highest BCUT2D eigenvalue weighted by Crippen LogP contribution is 2.34. The highest BCUT2D eigenvalue weighted by atomic mass is 32.1. The van der Waals surface area contributed by atoms with Crippen molar-refractivity contribution in [3.05, 3.63) is 42.0 Å². The zero-order valence-electron chi connectivity index (χ0n) is 17.4. The molecule has 30 heavy (non-hydrogen) atoms. The number of benzene rings is 2. The third-order valence-corrected chi connectivity index (χ3v) is 6.23. The molecule has 0 aliphatic carbocycles. The second-order valence-electron chi connectivity index (χ2n) is 6.88. The number of anilines is 1. The van der Waals surface area contributed by atoms with Crippen molar-refractivity contribution >= 4 is 32.6 Å². The Hall–Kier alpha value is -3.00. The highest BCUT2D eigenvalue weighted by Gasteiger charge is 2.26. The maximum Gasteiger partial charge on any atom is 0.257 e. The van der Waals surface area contributed by atoms with Crippen LogP contribution in [0.2, 0.25) is 0 Å². The van der Waals surface area contributed by atoms with Crippen LogP contribution in [0.25, 0.3) is 10.2 Å². The Balaban J connectivity index is 1.48. The molecular weight excluding hydrogens is 402 g/mol. The summed E-state index contributed by atoms with van der Waals surface area (Å²) in [7, 11) is 3.16. The van der Waals surface area contributed by atoms with Crippen LogP contribution in [0.4, 0.5) is 5.13 Å². The number of ether oxygens (including phenoxy) is 3. The van der Waals surface area contributed by atoms with E-state index in [-0.39, 0.29) is 5.91 Å². The van der Waals surface area contributed by atoms with E-state index in [4.69, 9.17) is 19.2 Å². The Bertz CT molecular complexity index is 1040. The SMILES string of the molecule is CCOc1cccc2sc(N3CCN(C(=O)c4cc(OC)ccc4OC)CC3)nc12. The van der Waals surface area contributed by atoms with Crippen LogP contribution in [-0.2, 0) is 0 Å². The Morgan fingerprint density at radius 3 is 2.57 bits per heavy atom. The zero-order chi connectivity index (χ0) is 21.1. The summed E-state index contributed by atoms with van der Waals surface area (Å²) in [6, 6.07) is 11.3. The van der Waals surface area contributed by atoms with E-state index in [1.807, 2.05) is 24.0 Å². The molecule has 0 N–H and O–H groups in total. The average Bonchev–Trinajstić information content (AvgIpc) is 3.24. The van der Waals surface area contributed by atoms with E-state index < -0.39 is 0 Å². The standard InChI is InChI=1S/C22H25N3O4S/c1-4-29-18-6-5-7-19-20(18)23-22(30-19)25-12-10-24(11-13-25)21(26)16-14-15(27-2)8-9-17(16)28-3/h5-9,14H,4,10-13H2,1-3H3. The van der Waals surface area contributed by atoms with E-state index in [1.54, 1.807) is 43.8 Å². The van der Waals surface area contributed by atoms with E-state index in [0.717, 1.165) is 34.2 Å². The molecule has 0 atom stereocenters. The molecule has 1 fully saturated rings. The van der Waals surface area contributed by atoms with Gasteiger partial charge in [0.2, 0.25) is 0 Å². The van der Waals surface area contributed by atoms with Crippen LogP contribution in [0.3, 0.4) is 0 Å².